The molecule has 3 rings (SSSR count). The maximum Gasteiger partial charge on any atom is 0.256 e. The van der Waals surface area contributed by atoms with Gasteiger partial charge in [-0.1, -0.05) is 25.5 Å². The van der Waals surface area contributed by atoms with Gasteiger partial charge in [0.15, 0.2) is 5.72 Å². The summed E-state index contributed by atoms with van der Waals surface area (Å²) in [6.45, 7) is 2.12. The Labute approximate surface area is 108 Å². The van der Waals surface area contributed by atoms with E-state index in [1.165, 1.54) is 0 Å². The summed E-state index contributed by atoms with van der Waals surface area (Å²) in [6.07, 6.45) is 10.5. The molecular formula is C15H21NO2. The first-order valence-electron chi connectivity index (χ1n) is 7.14. The molecule has 1 atom stereocenters. The van der Waals surface area contributed by atoms with Crippen molar-refractivity contribution < 1.29 is 9.90 Å². The van der Waals surface area contributed by atoms with Gasteiger partial charge < -0.3 is 10.0 Å². The minimum Gasteiger partial charge on any atom is -0.367 e. The molecule has 3 aliphatic rings. The Kier molecular flexibility index (Phi) is 2.81. The number of hydrogen-bond donors (Lipinski definition) is 1. The molecule has 0 radical (unpaired) electrons. The highest BCUT2D eigenvalue weighted by atomic mass is 16.3. The van der Waals surface area contributed by atoms with E-state index in [1.54, 1.807) is 4.90 Å². The van der Waals surface area contributed by atoms with Crippen LogP contribution in [-0.4, -0.2) is 27.7 Å². The SMILES string of the molecule is CCCCC1(O)C2=C(C=CCC2)C(=O)N1C1CC1. The van der Waals surface area contributed by atoms with Gasteiger partial charge >= 0.3 is 0 Å². The molecule has 98 valence electrons. The second-order valence-electron chi connectivity index (χ2n) is 5.66. The molecule has 1 saturated carbocycles. The summed E-state index contributed by atoms with van der Waals surface area (Å²) in [6, 6.07) is 0.276. The fraction of sp³-hybridized carbons (Fsp3) is 0.667. The van der Waals surface area contributed by atoms with E-state index in [9.17, 15) is 9.90 Å². The Morgan fingerprint density at radius 1 is 1.50 bits per heavy atom. The van der Waals surface area contributed by atoms with E-state index < -0.39 is 5.72 Å². The fourth-order valence-corrected chi connectivity index (χ4v) is 3.22. The average molecular weight is 247 g/mol. The molecule has 2 aliphatic carbocycles. The molecule has 1 N–H and O–H groups in total. The van der Waals surface area contributed by atoms with Gasteiger partial charge in [0.25, 0.3) is 5.91 Å². The normalized spacial score (nSPS) is 31.2. The predicted molar refractivity (Wildman–Crippen MR) is 69.7 cm³/mol. The van der Waals surface area contributed by atoms with Crippen molar-refractivity contribution in [1.29, 1.82) is 0 Å². The zero-order valence-electron chi connectivity index (χ0n) is 11.0. The smallest absolute Gasteiger partial charge is 0.256 e. The molecule has 0 aromatic heterocycles. The van der Waals surface area contributed by atoms with Gasteiger partial charge in [-0.05, 0) is 44.1 Å². The van der Waals surface area contributed by atoms with Crippen molar-refractivity contribution in [1.82, 2.24) is 4.90 Å². The Balaban J connectivity index is 1.97. The van der Waals surface area contributed by atoms with Gasteiger partial charge in [-0.15, -0.1) is 0 Å². The predicted octanol–water partition coefficient (Wildman–Crippen LogP) is 2.52. The number of carbonyl (C=O) groups is 1. The Morgan fingerprint density at radius 3 is 2.94 bits per heavy atom. The average Bonchev–Trinajstić information content (AvgIpc) is 3.18. The first-order chi connectivity index (χ1) is 8.68. The van der Waals surface area contributed by atoms with Crippen LogP contribution < -0.4 is 0 Å². The van der Waals surface area contributed by atoms with E-state index in [1.807, 2.05) is 12.2 Å². The zero-order chi connectivity index (χ0) is 12.8. The number of amides is 1. The highest BCUT2D eigenvalue weighted by Gasteiger charge is 2.54. The maximum absolute atomic E-state index is 12.5. The highest BCUT2D eigenvalue weighted by Crippen LogP contribution is 2.47. The molecular weight excluding hydrogens is 226 g/mol. The van der Waals surface area contributed by atoms with Crippen LogP contribution in [0.15, 0.2) is 23.3 Å². The van der Waals surface area contributed by atoms with E-state index in [-0.39, 0.29) is 11.9 Å². The Hall–Kier alpha value is -1.09. The lowest BCUT2D eigenvalue weighted by Gasteiger charge is -2.36. The number of carbonyl (C=O) groups excluding carboxylic acids is 1. The summed E-state index contributed by atoms with van der Waals surface area (Å²) in [5, 5.41) is 11.1. The molecule has 1 unspecified atom stereocenters. The van der Waals surface area contributed by atoms with Crippen LogP contribution in [-0.2, 0) is 4.79 Å². The van der Waals surface area contributed by atoms with Crippen LogP contribution in [0.25, 0.3) is 0 Å². The standard InChI is InChI=1S/C15H21NO2/c1-2-3-10-15(18)13-7-5-4-6-12(13)14(17)16(15)11-8-9-11/h4,6,11,18H,2-3,5,7-10H2,1H3. The van der Waals surface area contributed by atoms with E-state index in [4.69, 9.17) is 0 Å². The molecule has 0 aromatic rings. The van der Waals surface area contributed by atoms with E-state index in [0.29, 0.717) is 6.42 Å². The third-order valence-corrected chi connectivity index (χ3v) is 4.29. The lowest BCUT2D eigenvalue weighted by molar-refractivity contribution is -0.145. The number of aliphatic hydroxyl groups is 1. The first-order valence-corrected chi connectivity index (χ1v) is 7.14. The van der Waals surface area contributed by atoms with Crippen molar-refractivity contribution in [3.63, 3.8) is 0 Å². The molecule has 0 bridgehead atoms. The van der Waals surface area contributed by atoms with Crippen molar-refractivity contribution in [2.45, 2.75) is 63.6 Å². The first kappa shape index (κ1) is 12.0. The second-order valence-corrected chi connectivity index (χ2v) is 5.66. The minimum absolute atomic E-state index is 0.0575. The Bertz CT molecular complexity index is 434. The summed E-state index contributed by atoms with van der Waals surface area (Å²) in [5.74, 6) is 0.0575. The van der Waals surface area contributed by atoms with E-state index in [2.05, 4.69) is 6.92 Å². The molecule has 18 heavy (non-hydrogen) atoms. The number of nitrogens with zero attached hydrogens (tertiary/aromatic N) is 1. The molecule has 1 amide bonds. The van der Waals surface area contributed by atoms with Crippen molar-refractivity contribution in [3.8, 4) is 0 Å². The van der Waals surface area contributed by atoms with Crippen LogP contribution in [0.1, 0.15) is 51.9 Å². The zero-order valence-corrected chi connectivity index (χ0v) is 11.0. The number of allylic oxidation sites excluding steroid dienone is 1. The molecule has 0 aromatic carbocycles. The van der Waals surface area contributed by atoms with Crippen LogP contribution in [0, 0.1) is 0 Å². The highest BCUT2D eigenvalue weighted by molar-refractivity contribution is 6.01. The van der Waals surface area contributed by atoms with Gasteiger partial charge in [-0.2, -0.15) is 0 Å². The van der Waals surface area contributed by atoms with Gasteiger partial charge in [0, 0.05) is 11.6 Å². The van der Waals surface area contributed by atoms with Gasteiger partial charge in [0.05, 0.1) is 0 Å². The quantitative estimate of drug-likeness (QED) is 0.829. The summed E-state index contributed by atoms with van der Waals surface area (Å²) in [4.78, 5) is 14.2. The van der Waals surface area contributed by atoms with Crippen molar-refractivity contribution in [3.05, 3.63) is 23.3 Å². The molecule has 1 fully saturated rings. The van der Waals surface area contributed by atoms with Crippen LogP contribution in [0.3, 0.4) is 0 Å². The summed E-state index contributed by atoms with van der Waals surface area (Å²) >= 11 is 0. The van der Waals surface area contributed by atoms with E-state index >= 15 is 0 Å². The monoisotopic (exact) mass is 247 g/mol. The molecule has 1 heterocycles. The number of hydrogen-bond acceptors (Lipinski definition) is 2. The minimum atomic E-state index is -0.978. The van der Waals surface area contributed by atoms with Crippen molar-refractivity contribution >= 4 is 5.91 Å². The summed E-state index contributed by atoms with van der Waals surface area (Å²) in [5.41, 5.74) is 0.774. The van der Waals surface area contributed by atoms with Gasteiger partial charge in [-0.25, -0.2) is 0 Å². The molecule has 0 spiro atoms. The van der Waals surface area contributed by atoms with Crippen LogP contribution in [0.2, 0.25) is 0 Å². The topological polar surface area (TPSA) is 40.5 Å². The molecule has 3 heteroatoms. The van der Waals surface area contributed by atoms with E-state index in [0.717, 1.165) is 49.7 Å². The molecule has 1 aliphatic heterocycles. The van der Waals surface area contributed by atoms with Crippen LogP contribution >= 0.6 is 0 Å². The number of unbranched alkanes of at least 4 members (excludes halogenated alkanes) is 1. The Morgan fingerprint density at radius 2 is 2.28 bits per heavy atom. The van der Waals surface area contributed by atoms with Gasteiger partial charge in [0.1, 0.15) is 0 Å². The third-order valence-electron chi connectivity index (χ3n) is 4.29. The van der Waals surface area contributed by atoms with Crippen molar-refractivity contribution in [2.75, 3.05) is 0 Å². The fourth-order valence-electron chi connectivity index (χ4n) is 3.22. The van der Waals surface area contributed by atoms with Crippen LogP contribution in [0.4, 0.5) is 0 Å². The second kappa shape index (κ2) is 4.23. The molecule has 3 nitrogen and oxygen atoms in total. The lowest BCUT2D eigenvalue weighted by Crippen LogP contribution is -2.49. The number of rotatable bonds is 4. The largest absolute Gasteiger partial charge is 0.367 e. The van der Waals surface area contributed by atoms with Crippen LogP contribution in [0.5, 0.6) is 0 Å². The summed E-state index contributed by atoms with van der Waals surface area (Å²) in [7, 11) is 0. The van der Waals surface area contributed by atoms with Gasteiger partial charge in [-0.3, -0.25) is 4.79 Å². The third kappa shape index (κ3) is 1.64. The lowest BCUT2D eigenvalue weighted by atomic mass is 9.89. The maximum atomic E-state index is 12.5. The van der Waals surface area contributed by atoms with Crippen molar-refractivity contribution in [2.24, 2.45) is 0 Å². The summed E-state index contributed by atoms with van der Waals surface area (Å²) < 4.78 is 0. The molecule has 0 saturated heterocycles. The van der Waals surface area contributed by atoms with Gasteiger partial charge in [0.2, 0.25) is 0 Å².